The highest BCUT2D eigenvalue weighted by molar-refractivity contribution is 5.95. The second-order valence-electron chi connectivity index (χ2n) is 9.31. The van der Waals surface area contributed by atoms with Gasteiger partial charge in [-0.1, -0.05) is 18.6 Å². The highest BCUT2D eigenvalue weighted by atomic mass is 35.5. The van der Waals surface area contributed by atoms with E-state index in [-0.39, 0.29) is 24.2 Å². The number of amides is 1. The van der Waals surface area contributed by atoms with Crippen molar-refractivity contribution in [3.05, 3.63) is 59.1 Å². The summed E-state index contributed by atoms with van der Waals surface area (Å²) in [6, 6.07) is 9.33. The van der Waals surface area contributed by atoms with Crippen LogP contribution in [0.15, 0.2) is 41.0 Å². The summed E-state index contributed by atoms with van der Waals surface area (Å²) in [6.07, 6.45) is 8.97. The molecule has 3 aromatic rings. The number of methoxy groups -OCH3 is 1. The fourth-order valence-corrected chi connectivity index (χ4v) is 5.31. The Labute approximate surface area is 211 Å². The Hall–Kier alpha value is -2.77. The molecule has 35 heavy (non-hydrogen) atoms. The number of ether oxygens (including phenoxy) is 2. The number of benzene rings is 2. The van der Waals surface area contributed by atoms with E-state index in [1.54, 1.807) is 7.11 Å². The number of hydrogen-bond donors (Lipinski definition) is 1. The molecule has 2 heterocycles. The van der Waals surface area contributed by atoms with E-state index >= 15 is 0 Å². The monoisotopic (exact) mass is 502 g/mol. The minimum Gasteiger partial charge on any atom is -0.493 e. The molecule has 8 heteroatoms. The molecule has 2 aliphatic rings. The van der Waals surface area contributed by atoms with Gasteiger partial charge in [0.2, 0.25) is 5.91 Å². The molecule has 1 saturated carbocycles. The zero-order valence-corrected chi connectivity index (χ0v) is 20.7. The lowest BCUT2D eigenvalue weighted by Crippen LogP contribution is -2.51. The van der Waals surface area contributed by atoms with E-state index in [0.717, 1.165) is 42.5 Å². The number of rotatable bonds is 9. The number of carbonyl (C=O) groups is 1. The minimum absolute atomic E-state index is 0. The van der Waals surface area contributed by atoms with E-state index in [4.69, 9.17) is 19.6 Å². The number of fused-ring (bicyclic) bond motifs is 2. The van der Waals surface area contributed by atoms with Crippen LogP contribution in [-0.2, 0) is 12.8 Å². The summed E-state index contributed by atoms with van der Waals surface area (Å²) in [7, 11) is 1.65. The van der Waals surface area contributed by atoms with Crippen LogP contribution in [0.3, 0.4) is 0 Å². The summed E-state index contributed by atoms with van der Waals surface area (Å²) in [4.78, 5) is 14.4. The first-order chi connectivity index (χ1) is 16.6. The third-order valence-electron chi connectivity index (χ3n) is 7.33. The van der Waals surface area contributed by atoms with Gasteiger partial charge < -0.3 is 19.6 Å². The molecule has 5 rings (SSSR count). The summed E-state index contributed by atoms with van der Waals surface area (Å²) in [5.41, 5.74) is 8.52. The highest BCUT2D eigenvalue weighted by Crippen LogP contribution is 2.36. The maximum absolute atomic E-state index is 14.3. The maximum atomic E-state index is 14.3. The summed E-state index contributed by atoms with van der Waals surface area (Å²) in [5.74, 6) is -0.0371. The van der Waals surface area contributed by atoms with Gasteiger partial charge in [0.1, 0.15) is 6.61 Å². The average Bonchev–Trinajstić information content (AvgIpc) is 3.22. The first kappa shape index (κ1) is 25.3. The number of furan rings is 1. The molecular formula is C27H32ClFN2O4. The van der Waals surface area contributed by atoms with E-state index < -0.39 is 11.7 Å². The van der Waals surface area contributed by atoms with E-state index in [9.17, 15) is 9.18 Å². The van der Waals surface area contributed by atoms with Crippen LogP contribution >= 0.6 is 12.4 Å². The fraction of sp³-hybridized carbons (Fsp3) is 0.444. The lowest BCUT2D eigenvalue weighted by atomic mass is 9.87. The molecular weight excluding hydrogens is 471 g/mol. The Morgan fingerprint density at radius 1 is 1.20 bits per heavy atom. The lowest BCUT2D eigenvalue weighted by molar-refractivity contribution is 0.0417. The van der Waals surface area contributed by atoms with Gasteiger partial charge in [0.25, 0.3) is 0 Å². The van der Waals surface area contributed by atoms with Crippen molar-refractivity contribution in [1.82, 2.24) is 4.90 Å². The Bertz CT molecular complexity index is 1190. The highest BCUT2D eigenvalue weighted by Gasteiger charge is 2.35. The van der Waals surface area contributed by atoms with Gasteiger partial charge in [0.15, 0.2) is 22.9 Å². The van der Waals surface area contributed by atoms with Crippen LogP contribution in [0, 0.1) is 5.82 Å². The van der Waals surface area contributed by atoms with Crippen molar-refractivity contribution in [3.8, 4) is 11.5 Å². The molecule has 1 unspecified atom stereocenters. The van der Waals surface area contributed by atoms with Crippen LogP contribution in [0.4, 0.5) is 4.39 Å². The van der Waals surface area contributed by atoms with Gasteiger partial charge in [-0.15, -0.1) is 12.4 Å². The largest absolute Gasteiger partial charge is 0.493 e. The van der Waals surface area contributed by atoms with Crippen LogP contribution in [0.5, 0.6) is 11.5 Å². The Kier molecular flexibility index (Phi) is 7.87. The second kappa shape index (κ2) is 10.9. The predicted octanol–water partition coefficient (Wildman–Crippen LogP) is 5.28. The normalized spacial score (nSPS) is 17.4. The molecule has 1 aliphatic heterocycles. The van der Waals surface area contributed by atoms with Gasteiger partial charge in [0.05, 0.1) is 13.4 Å². The van der Waals surface area contributed by atoms with Crippen molar-refractivity contribution in [2.24, 2.45) is 5.73 Å². The molecule has 2 aromatic carbocycles. The maximum Gasteiger partial charge on any atom is 0.249 e. The number of carbonyl (C=O) groups excluding carboxylic acids is 1. The molecule has 1 aliphatic carbocycles. The van der Waals surface area contributed by atoms with Crippen LogP contribution in [0.2, 0.25) is 0 Å². The topological polar surface area (TPSA) is 77.9 Å². The SMILES string of the molecule is COc1cccc2c(CCCCN(C3CCC3)C3COc4c(F)ccc(C(N)=O)c4C3)coc12.Cl. The number of nitrogens with two attached hydrogens (primary N) is 1. The summed E-state index contributed by atoms with van der Waals surface area (Å²) >= 11 is 0. The van der Waals surface area contributed by atoms with E-state index in [1.165, 1.54) is 37.0 Å². The standard InChI is InChI=1S/C27H31FN2O4.ClH/c1-32-24-10-5-9-20-17(15-33-26(20)24)6-2-3-13-30(18-7-4-8-18)19-14-22-21(27(29)31)11-12-23(28)25(22)34-16-19;/h5,9-12,15,18-19H,2-4,6-8,13-14,16H2,1H3,(H2,29,31);1H. The minimum atomic E-state index is -0.542. The first-order valence-corrected chi connectivity index (χ1v) is 12.1. The molecule has 1 amide bonds. The van der Waals surface area contributed by atoms with Crippen LogP contribution in [-0.4, -0.2) is 43.2 Å². The fourth-order valence-electron chi connectivity index (χ4n) is 5.31. The third kappa shape index (κ3) is 4.98. The van der Waals surface area contributed by atoms with Crippen molar-refractivity contribution >= 4 is 29.3 Å². The quantitative estimate of drug-likeness (QED) is 0.403. The lowest BCUT2D eigenvalue weighted by Gasteiger charge is -2.44. The molecule has 0 radical (unpaired) electrons. The van der Waals surface area contributed by atoms with E-state index in [1.807, 2.05) is 18.4 Å². The van der Waals surface area contributed by atoms with Crippen LogP contribution < -0.4 is 15.2 Å². The molecule has 1 fully saturated rings. The van der Waals surface area contributed by atoms with Gasteiger partial charge in [-0.05, 0) is 68.8 Å². The van der Waals surface area contributed by atoms with E-state index in [2.05, 4.69) is 11.0 Å². The van der Waals surface area contributed by atoms with Gasteiger partial charge in [-0.25, -0.2) is 4.39 Å². The first-order valence-electron chi connectivity index (χ1n) is 12.1. The number of primary amides is 1. The summed E-state index contributed by atoms with van der Waals surface area (Å²) < 4.78 is 31.3. The number of para-hydroxylation sites is 1. The molecule has 1 atom stereocenters. The van der Waals surface area contributed by atoms with Crippen molar-refractivity contribution in [2.45, 2.75) is 57.0 Å². The molecule has 188 valence electrons. The van der Waals surface area contributed by atoms with Crippen molar-refractivity contribution < 1.29 is 23.1 Å². The van der Waals surface area contributed by atoms with Gasteiger partial charge >= 0.3 is 0 Å². The summed E-state index contributed by atoms with van der Waals surface area (Å²) in [6.45, 7) is 1.36. The Balaban J connectivity index is 0.00000289. The number of aryl methyl sites for hydroxylation is 1. The van der Waals surface area contributed by atoms with Crippen molar-refractivity contribution in [1.29, 1.82) is 0 Å². The zero-order chi connectivity index (χ0) is 23.7. The van der Waals surface area contributed by atoms with Gasteiger partial charge in [0, 0.05) is 28.6 Å². The Morgan fingerprint density at radius 2 is 2.03 bits per heavy atom. The molecule has 6 nitrogen and oxygen atoms in total. The predicted molar refractivity (Wildman–Crippen MR) is 135 cm³/mol. The summed E-state index contributed by atoms with van der Waals surface area (Å²) in [5, 5.41) is 1.11. The molecule has 1 aromatic heterocycles. The number of hydrogen-bond acceptors (Lipinski definition) is 5. The number of unbranched alkanes of at least 4 members (excludes halogenated alkanes) is 1. The molecule has 0 bridgehead atoms. The third-order valence-corrected chi connectivity index (χ3v) is 7.33. The molecule has 0 saturated heterocycles. The van der Waals surface area contributed by atoms with Crippen molar-refractivity contribution in [2.75, 3.05) is 20.3 Å². The number of nitrogens with zero attached hydrogens (tertiary/aromatic N) is 1. The van der Waals surface area contributed by atoms with Gasteiger partial charge in [-0.3, -0.25) is 9.69 Å². The van der Waals surface area contributed by atoms with Crippen LogP contribution in [0.1, 0.15) is 53.6 Å². The Morgan fingerprint density at radius 3 is 2.74 bits per heavy atom. The van der Waals surface area contributed by atoms with Crippen LogP contribution in [0.25, 0.3) is 11.0 Å². The molecule has 0 spiro atoms. The second-order valence-corrected chi connectivity index (χ2v) is 9.31. The van der Waals surface area contributed by atoms with Crippen molar-refractivity contribution in [3.63, 3.8) is 0 Å². The van der Waals surface area contributed by atoms with E-state index in [0.29, 0.717) is 30.2 Å². The van der Waals surface area contributed by atoms with Gasteiger partial charge in [-0.2, -0.15) is 0 Å². The molecule has 2 N–H and O–H groups in total. The smallest absolute Gasteiger partial charge is 0.249 e. The number of halogens is 2. The average molecular weight is 503 g/mol. The zero-order valence-electron chi connectivity index (χ0n) is 19.9.